The van der Waals surface area contributed by atoms with Crippen LogP contribution in [0.1, 0.15) is 58.9 Å². The van der Waals surface area contributed by atoms with Gasteiger partial charge in [-0.1, -0.05) is 46.2 Å². The zero-order valence-electron chi connectivity index (χ0n) is 22.2. The Balaban J connectivity index is 2.95. The lowest BCUT2D eigenvalue weighted by atomic mass is 9.98. The van der Waals surface area contributed by atoms with Crippen LogP contribution >= 0.6 is 0 Å². The third kappa shape index (κ3) is 10.8. The second-order valence-corrected chi connectivity index (χ2v) is 9.76. The fourth-order valence-electron chi connectivity index (χ4n) is 3.73. The van der Waals surface area contributed by atoms with E-state index in [2.05, 4.69) is 16.0 Å². The Labute approximate surface area is 218 Å². The first kappa shape index (κ1) is 31.8. The van der Waals surface area contributed by atoms with Gasteiger partial charge in [-0.3, -0.25) is 14.4 Å². The summed E-state index contributed by atoms with van der Waals surface area (Å²) in [5.74, 6) is -3.37. The standard InChI is InChI=1S/C26H43N5O6/c1-5-16(4)22(26(36)37)31-24(34)20(8-6-7-13-27)29-25(35)21(15(2)3)30-23(33)19(28)14-17-9-11-18(32)12-10-17/h9-12,15-16,19-22,32H,5-8,13-14,27-28H2,1-4H3,(H,29,35)(H,30,33)(H,31,34)(H,36,37). The average molecular weight is 522 g/mol. The van der Waals surface area contributed by atoms with Crippen molar-refractivity contribution in [3.05, 3.63) is 29.8 Å². The molecule has 1 aromatic carbocycles. The van der Waals surface area contributed by atoms with E-state index in [0.29, 0.717) is 25.8 Å². The number of unbranched alkanes of at least 4 members (excludes halogenated alkanes) is 1. The van der Waals surface area contributed by atoms with Crippen molar-refractivity contribution in [1.29, 1.82) is 0 Å². The molecule has 11 heteroatoms. The van der Waals surface area contributed by atoms with Gasteiger partial charge in [0.2, 0.25) is 17.7 Å². The molecular weight excluding hydrogens is 478 g/mol. The minimum atomic E-state index is -1.15. The number of carbonyl (C=O) groups is 4. The zero-order chi connectivity index (χ0) is 28.1. The lowest BCUT2D eigenvalue weighted by Gasteiger charge is -2.28. The topological polar surface area (TPSA) is 197 Å². The van der Waals surface area contributed by atoms with E-state index in [1.54, 1.807) is 32.9 Å². The second-order valence-electron chi connectivity index (χ2n) is 9.76. The van der Waals surface area contributed by atoms with Gasteiger partial charge in [0.1, 0.15) is 23.9 Å². The summed E-state index contributed by atoms with van der Waals surface area (Å²) in [4.78, 5) is 50.6. The van der Waals surface area contributed by atoms with Gasteiger partial charge in [-0.15, -0.1) is 0 Å². The summed E-state index contributed by atoms with van der Waals surface area (Å²) in [7, 11) is 0. The molecule has 0 fully saturated rings. The molecule has 37 heavy (non-hydrogen) atoms. The average Bonchev–Trinajstić information content (AvgIpc) is 2.85. The number of nitrogens with one attached hydrogen (secondary N) is 3. The number of phenolic OH excluding ortho intramolecular Hbond substituents is 1. The predicted molar refractivity (Wildman–Crippen MR) is 140 cm³/mol. The van der Waals surface area contributed by atoms with E-state index in [0.717, 1.165) is 5.56 Å². The molecular formula is C26H43N5O6. The molecule has 0 bridgehead atoms. The van der Waals surface area contributed by atoms with Crippen molar-refractivity contribution in [3.8, 4) is 5.75 Å². The van der Waals surface area contributed by atoms with Crippen LogP contribution in [0.3, 0.4) is 0 Å². The number of aromatic hydroxyl groups is 1. The molecule has 0 aliphatic carbocycles. The molecule has 0 heterocycles. The number of carbonyl (C=O) groups excluding carboxylic acids is 3. The second kappa shape index (κ2) is 15.8. The van der Waals surface area contributed by atoms with Gasteiger partial charge in [0.25, 0.3) is 0 Å². The maximum absolute atomic E-state index is 13.2. The summed E-state index contributed by atoms with van der Waals surface area (Å²) in [5.41, 5.74) is 12.4. The summed E-state index contributed by atoms with van der Waals surface area (Å²) < 4.78 is 0. The molecule has 1 rings (SSSR count). The number of phenols is 1. The van der Waals surface area contributed by atoms with E-state index < -0.39 is 47.9 Å². The first-order chi connectivity index (χ1) is 17.4. The number of nitrogens with two attached hydrogens (primary N) is 2. The van der Waals surface area contributed by atoms with Gasteiger partial charge < -0.3 is 37.6 Å². The van der Waals surface area contributed by atoms with Gasteiger partial charge in [-0.05, 0) is 61.8 Å². The van der Waals surface area contributed by atoms with Gasteiger partial charge in [0, 0.05) is 0 Å². The van der Waals surface area contributed by atoms with Crippen LogP contribution in [-0.2, 0) is 25.6 Å². The number of benzene rings is 1. The van der Waals surface area contributed by atoms with E-state index >= 15 is 0 Å². The first-order valence-electron chi connectivity index (χ1n) is 12.8. The molecule has 0 aromatic heterocycles. The van der Waals surface area contributed by atoms with E-state index in [1.807, 2.05) is 6.92 Å². The molecule has 5 unspecified atom stereocenters. The predicted octanol–water partition coefficient (Wildman–Crippen LogP) is 0.632. The minimum Gasteiger partial charge on any atom is -0.508 e. The summed E-state index contributed by atoms with van der Waals surface area (Å²) in [6.07, 6.45) is 2.19. The Kier molecular flexibility index (Phi) is 13.6. The van der Waals surface area contributed by atoms with Crippen LogP contribution in [0.2, 0.25) is 0 Å². The molecule has 3 amide bonds. The number of amides is 3. The van der Waals surface area contributed by atoms with Crippen molar-refractivity contribution < 1.29 is 29.4 Å². The molecule has 0 spiro atoms. The monoisotopic (exact) mass is 521 g/mol. The molecule has 1 aromatic rings. The lowest BCUT2D eigenvalue weighted by Crippen LogP contribution is -2.59. The number of hydrogen-bond donors (Lipinski definition) is 7. The van der Waals surface area contributed by atoms with Crippen molar-refractivity contribution in [3.63, 3.8) is 0 Å². The van der Waals surface area contributed by atoms with Crippen LogP contribution in [0.25, 0.3) is 0 Å². The molecule has 0 aliphatic heterocycles. The zero-order valence-corrected chi connectivity index (χ0v) is 22.2. The van der Waals surface area contributed by atoms with Crippen molar-refractivity contribution in [2.24, 2.45) is 23.3 Å². The minimum absolute atomic E-state index is 0.0993. The van der Waals surface area contributed by atoms with E-state index in [1.165, 1.54) is 12.1 Å². The molecule has 208 valence electrons. The van der Waals surface area contributed by atoms with Crippen molar-refractivity contribution in [1.82, 2.24) is 16.0 Å². The third-order valence-electron chi connectivity index (χ3n) is 6.33. The first-order valence-corrected chi connectivity index (χ1v) is 12.8. The van der Waals surface area contributed by atoms with Gasteiger partial charge in [0.05, 0.1) is 6.04 Å². The largest absolute Gasteiger partial charge is 0.508 e. The number of rotatable bonds is 16. The SMILES string of the molecule is CCC(C)C(NC(=O)C(CCCCN)NC(=O)C(NC(=O)C(N)Cc1ccc(O)cc1)C(C)C)C(=O)O. The van der Waals surface area contributed by atoms with Gasteiger partial charge in [-0.2, -0.15) is 0 Å². The molecule has 0 aliphatic rings. The third-order valence-corrected chi connectivity index (χ3v) is 6.33. The molecule has 0 saturated heterocycles. The lowest BCUT2D eigenvalue weighted by molar-refractivity contribution is -0.144. The van der Waals surface area contributed by atoms with Gasteiger partial charge in [-0.25, -0.2) is 4.79 Å². The Morgan fingerprint density at radius 3 is 2.00 bits per heavy atom. The van der Waals surface area contributed by atoms with Crippen molar-refractivity contribution in [2.45, 2.75) is 84.0 Å². The number of aliphatic carboxylic acids is 1. The Morgan fingerprint density at radius 2 is 1.49 bits per heavy atom. The van der Waals surface area contributed by atoms with E-state index in [4.69, 9.17) is 11.5 Å². The highest BCUT2D eigenvalue weighted by Gasteiger charge is 2.32. The Hall–Kier alpha value is -3.18. The molecule has 0 saturated carbocycles. The summed E-state index contributed by atoms with van der Waals surface area (Å²) in [6.45, 7) is 7.48. The van der Waals surface area contributed by atoms with E-state index in [-0.39, 0.29) is 30.4 Å². The van der Waals surface area contributed by atoms with Gasteiger partial charge in [0.15, 0.2) is 0 Å². The van der Waals surface area contributed by atoms with Crippen LogP contribution in [0, 0.1) is 11.8 Å². The van der Waals surface area contributed by atoms with Gasteiger partial charge >= 0.3 is 5.97 Å². The highest BCUT2D eigenvalue weighted by atomic mass is 16.4. The van der Waals surface area contributed by atoms with Crippen LogP contribution in [0.4, 0.5) is 0 Å². The van der Waals surface area contributed by atoms with Crippen LogP contribution < -0.4 is 27.4 Å². The highest BCUT2D eigenvalue weighted by Crippen LogP contribution is 2.13. The maximum Gasteiger partial charge on any atom is 0.326 e. The molecule has 11 nitrogen and oxygen atoms in total. The molecule has 9 N–H and O–H groups in total. The summed E-state index contributed by atoms with van der Waals surface area (Å²) in [6, 6.07) is 2.32. The smallest absolute Gasteiger partial charge is 0.326 e. The summed E-state index contributed by atoms with van der Waals surface area (Å²) >= 11 is 0. The Morgan fingerprint density at radius 1 is 0.892 bits per heavy atom. The molecule has 5 atom stereocenters. The number of carboxylic acids is 1. The fourth-order valence-corrected chi connectivity index (χ4v) is 3.73. The van der Waals surface area contributed by atoms with Crippen molar-refractivity contribution in [2.75, 3.05) is 6.54 Å². The van der Waals surface area contributed by atoms with Crippen LogP contribution in [0.5, 0.6) is 5.75 Å². The quantitative estimate of drug-likeness (QED) is 0.154. The normalized spacial score (nSPS) is 15.2. The van der Waals surface area contributed by atoms with Crippen LogP contribution in [-0.4, -0.2) is 64.6 Å². The molecule has 0 radical (unpaired) electrons. The maximum atomic E-state index is 13.2. The Bertz CT molecular complexity index is 892. The fraction of sp³-hybridized carbons (Fsp3) is 0.615. The number of carboxylic acid groups (broad SMARTS) is 1. The summed E-state index contributed by atoms with van der Waals surface area (Å²) in [5, 5.41) is 26.9. The van der Waals surface area contributed by atoms with Crippen molar-refractivity contribution >= 4 is 23.7 Å². The van der Waals surface area contributed by atoms with Crippen LogP contribution in [0.15, 0.2) is 24.3 Å². The number of hydrogen-bond acceptors (Lipinski definition) is 7. The highest BCUT2D eigenvalue weighted by molar-refractivity contribution is 5.94. The van der Waals surface area contributed by atoms with E-state index in [9.17, 15) is 29.4 Å².